The van der Waals surface area contributed by atoms with Crippen molar-refractivity contribution in [3.63, 3.8) is 0 Å². The molecule has 0 aliphatic heterocycles. The van der Waals surface area contributed by atoms with Gasteiger partial charge in [-0.2, -0.15) is 5.10 Å². The third-order valence-electron chi connectivity index (χ3n) is 4.59. The van der Waals surface area contributed by atoms with Gasteiger partial charge in [-0.3, -0.25) is 0 Å². The zero-order valence-corrected chi connectivity index (χ0v) is 13.6. The molecule has 1 aliphatic rings. The van der Waals surface area contributed by atoms with Crippen LogP contribution >= 0.6 is 0 Å². The normalized spacial score (nSPS) is 23.4. The molecule has 21 heavy (non-hydrogen) atoms. The van der Waals surface area contributed by atoms with E-state index in [1.807, 2.05) is 16.9 Å². The molecule has 1 saturated carbocycles. The smallest absolute Gasteiger partial charge is 0.152 e. The Hall–Kier alpha value is -1.58. The van der Waals surface area contributed by atoms with E-state index in [4.69, 9.17) is 5.10 Å². The number of anilines is 1. The van der Waals surface area contributed by atoms with Crippen LogP contribution in [-0.2, 0) is 5.41 Å². The second kappa shape index (κ2) is 5.32. The maximum Gasteiger partial charge on any atom is 0.152 e. The minimum absolute atomic E-state index is 0.0570. The Morgan fingerprint density at radius 1 is 1.24 bits per heavy atom. The molecule has 0 radical (unpaired) electrons. The Kier molecular flexibility index (Phi) is 3.64. The van der Waals surface area contributed by atoms with E-state index in [9.17, 15) is 0 Å². The monoisotopic (exact) mass is 286 g/mol. The first-order chi connectivity index (χ1) is 9.95. The highest BCUT2D eigenvalue weighted by molar-refractivity contribution is 5.68. The molecular formula is C17H26N4. The first-order valence-electron chi connectivity index (χ1n) is 8.06. The highest BCUT2D eigenvalue weighted by Crippen LogP contribution is 2.29. The molecule has 0 bridgehead atoms. The fourth-order valence-corrected chi connectivity index (χ4v) is 3.11. The number of rotatable bonds is 2. The van der Waals surface area contributed by atoms with Crippen LogP contribution < -0.4 is 5.32 Å². The summed E-state index contributed by atoms with van der Waals surface area (Å²) in [6, 6.07) is 2.70. The number of fused-ring (bicyclic) bond motifs is 1. The summed E-state index contributed by atoms with van der Waals surface area (Å²) in [4.78, 5) is 4.56. The van der Waals surface area contributed by atoms with Crippen LogP contribution in [0.4, 0.5) is 5.82 Å². The Bertz CT molecular complexity index is 623. The molecule has 2 aromatic rings. The summed E-state index contributed by atoms with van der Waals surface area (Å²) in [6.07, 6.45) is 9.00. The third-order valence-corrected chi connectivity index (χ3v) is 4.59. The summed E-state index contributed by atoms with van der Waals surface area (Å²) in [6.45, 7) is 8.92. The Labute approximate surface area is 127 Å². The molecule has 3 rings (SSSR count). The van der Waals surface area contributed by atoms with E-state index in [-0.39, 0.29) is 5.41 Å². The average Bonchev–Trinajstić information content (AvgIpc) is 2.86. The molecular weight excluding hydrogens is 260 g/mol. The van der Waals surface area contributed by atoms with Crippen molar-refractivity contribution in [3.05, 3.63) is 24.2 Å². The summed E-state index contributed by atoms with van der Waals surface area (Å²) >= 11 is 0. The molecule has 1 N–H and O–H groups in total. The zero-order valence-electron chi connectivity index (χ0n) is 13.6. The summed E-state index contributed by atoms with van der Waals surface area (Å²) < 4.78 is 1.95. The molecule has 0 amide bonds. The Morgan fingerprint density at radius 2 is 2.00 bits per heavy atom. The van der Waals surface area contributed by atoms with Crippen molar-refractivity contribution < 1.29 is 0 Å². The van der Waals surface area contributed by atoms with Gasteiger partial charge in [0, 0.05) is 23.9 Å². The highest BCUT2D eigenvalue weighted by Gasteiger charge is 2.23. The van der Waals surface area contributed by atoms with E-state index in [1.165, 1.54) is 25.7 Å². The molecule has 114 valence electrons. The molecule has 2 heterocycles. The van der Waals surface area contributed by atoms with E-state index >= 15 is 0 Å². The van der Waals surface area contributed by atoms with Gasteiger partial charge in [0.15, 0.2) is 5.82 Å². The molecule has 0 spiro atoms. The second-order valence-electron chi connectivity index (χ2n) is 7.40. The number of nitrogens with zero attached hydrogens (tertiary/aromatic N) is 3. The van der Waals surface area contributed by atoms with Crippen LogP contribution in [0.5, 0.6) is 0 Å². The molecule has 2 unspecified atom stereocenters. The lowest BCUT2D eigenvalue weighted by Gasteiger charge is -2.30. The predicted octanol–water partition coefficient (Wildman–Crippen LogP) is 4.02. The van der Waals surface area contributed by atoms with Crippen LogP contribution in [0.2, 0.25) is 0 Å². The summed E-state index contributed by atoms with van der Waals surface area (Å²) in [7, 11) is 0. The molecule has 1 aliphatic carbocycles. The lowest BCUT2D eigenvalue weighted by atomic mass is 9.86. The minimum Gasteiger partial charge on any atom is -0.365 e. The van der Waals surface area contributed by atoms with Gasteiger partial charge in [0.2, 0.25) is 0 Å². The minimum atomic E-state index is 0.0570. The molecule has 4 nitrogen and oxygen atoms in total. The second-order valence-corrected chi connectivity index (χ2v) is 7.40. The molecule has 1 fully saturated rings. The van der Waals surface area contributed by atoms with Crippen molar-refractivity contribution in [1.29, 1.82) is 0 Å². The van der Waals surface area contributed by atoms with Crippen molar-refractivity contribution >= 4 is 11.3 Å². The number of hydrogen-bond acceptors (Lipinski definition) is 3. The Morgan fingerprint density at radius 3 is 2.71 bits per heavy atom. The van der Waals surface area contributed by atoms with E-state index in [0.717, 1.165) is 17.0 Å². The van der Waals surface area contributed by atoms with Gasteiger partial charge in [-0.1, -0.05) is 40.5 Å². The van der Waals surface area contributed by atoms with Crippen LogP contribution in [0.1, 0.15) is 59.1 Å². The summed E-state index contributed by atoms with van der Waals surface area (Å²) in [5.74, 6) is 1.69. The van der Waals surface area contributed by atoms with Gasteiger partial charge >= 0.3 is 0 Å². The van der Waals surface area contributed by atoms with Crippen molar-refractivity contribution in [2.75, 3.05) is 5.32 Å². The number of aromatic nitrogens is 3. The van der Waals surface area contributed by atoms with Crippen LogP contribution in [0.15, 0.2) is 18.5 Å². The standard InChI is InChI=1S/C17H26N4/c1-12-7-5-6-8-13(12)19-16-14-11-15(17(2,3)4)20-21(14)10-9-18-16/h9-13H,5-8H2,1-4H3,(H,18,19). The topological polar surface area (TPSA) is 42.2 Å². The van der Waals surface area contributed by atoms with Crippen LogP contribution in [-0.4, -0.2) is 20.6 Å². The van der Waals surface area contributed by atoms with Gasteiger partial charge in [0.1, 0.15) is 5.52 Å². The maximum absolute atomic E-state index is 4.69. The SMILES string of the molecule is CC1CCCCC1Nc1nccn2nc(C(C)(C)C)cc12. The molecule has 2 atom stereocenters. The number of nitrogens with one attached hydrogen (secondary N) is 1. The van der Waals surface area contributed by atoms with Crippen molar-refractivity contribution in [1.82, 2.24) is 14.6 Å². The van der Waals surface area contributed by atoms with E-state index in [0.29, 0.717) is 12.0 Å². The highest BCUT2D eigenvalue weighted by atomic mass is 15.2. The van der Waals surface area contributed by atoms with Gasteiger partial charge in [-0.15, -0.1) is 0 Å². The zero-order chi connectivity index (χ0) is 15.0. The largest absolute Gasteiger partial charge is 0.365 e. The lowest BCUT2D eigenvalue weighted by Crippen LogP contribution is -2.30. The van der Waals surface area contributed by atoms with Crippen molar-refractivity contribution in [2.45, 2.75) is 64.8 Å². The van der Waals surface area contributed by atoms with Crippen LogP contribution in [0.3, 0.4) is 0 Å². The summed E-state index contributed by atoms with van der Waals surface area (Å²) in [5.41, 5.74) is 2.25. The molecule has 0 aromatic carbocycles. The summed E-state index contributed by atoms with van der Waals surface area (Å²) in [5, 5.41) is 8.36. The molecule has 2 aromatic heterocycles. The molecule has 4 heteroatoms. The first kappa shape index (κ1) is 14.4. The van der Waals surface area contributed by atoms with E-state index in [1.54, 1.807) is 0 Å². The quantitative estimate of drug-likeness (QED) is 0.906. The van der Waals surface area contributed by atoms with E-state index < -0.39 is 0 Å². The third kappa shape index (κ3) is 2.89. The van der Waals surface area contributed by atoms with Crippen LogP contribution in [0, 0.1) is 5.92 Å². The fourth-order valence-electron chi connectivity index (χ4n) is 3.11. The number of hydrogen-bond donors (Lipinski definition) is 1. The lowest BCUT2D eigenvalue weighted by molar-refractivity contribution is 0.349. The fraction of sp³-hybridized carbons (Fsp3) is 0.647. The first-order valence-corrected chi connectivity index (χ1v) is 8.06. The van der Waals surface area contributed by atoms with Gasteiger partial charge in [0.05, 0.1) is 5.69 Å². The molecule has 0 saturated heterocycles. The maximum atomic E-state index is 4.69. The van der Waals surface area contributed by atoms with Gasteiger partial charge in [-0.25, -0.2) is 9.50 Å². The predicted molar refractivity (Wildman–Crippen MR) is 86.7 cm³/mol. The van der Waals surface area contributed by atoms with Gasteiger partial charge in [0.25, 0.3) is 0 Å². The van der Waals surface area contributed by atoms with E-state index in [2.05, 4.69) is 44.1 Å². The van der Waals surface area contributed by atoms with Crippen LogP contribution in [0.25, 0.3) is 5.52 Å². The van der Waals surface area contributed by atoms with Crippen molar-refractivity contribution in [3.8, 4) is 0 Å². The van der Waals surface area contributed by atoms with Gasteiger partial charge in [-0.05, 0) is 24.8 Å². The van der Waals surface area contributed by atoms with Crippen molar-refractivity contribution in [2.24, 2.45) is 5.92 Å². The Balaban J connectivity index is 1.93. The average molecular weight is 286 g/mol. The van der Waals surface area contributed by atoms with Gasteiger partial charge < -0.3 is 5.32 Å².